The highest BCUT2D eigenvalue weighted by Crippen LogP contribution is 2.33. The molecule has 1 aromatic rings. The van der Waals surface area contributed by atoms with Crippen LogP contribution in [0.2, 0.25) is 0 Å². The first-order valence-electron chi connectivity index (χ1n) is 16.6. The summed E-state index contributed by atoms with van der Waals surface area (Å²) < 4.78 is 4.82. The van der Waals surface area contributed by atoms with Crippen molar-refractivity contribution >= 4 is 23.4 Å². The van der Waals surface area contributed by atoms with Gasteiger partial charge >= 0.3 is 0 Å². The third-order valence-corrected chi connectivity index (χ3v) is 9.14. The zero-order valence-electron chi connectivity index (χ0n) is 29.2. The zero-order valence-corrected chi connectivity index (χ0v) is 30.0. The fourth-order valence-corrected chi connectivity index (χ4v) is 5.89. The van der Waals surface area contributed by atoms with E-state index in [0.717, 1.165) is 49.5 Å². The Balaban J connectivity index is 0.000000749. The number of rotatable bonds is 15. The summed E-state index contributed by atoms with van der Waals surface area (Å²) in [4.78, 5) is 12.8. The summed E-state index contributed by atoms with van der Waals surface area (Å²) in [7, 11) is 1.50. The van der Waals surface area contributed by atoms with E-state index in [2.05, 4.69) is 91.8 Å². The third kappa shape index (κ3) is 14.6. The van der Waals surface area contributed by atoms with Gasteiger partial charge in [-0.1, -0.05) is 63.4 Å². The van der Waals surface area contributed by atoms with Crippen molar-refractivity contribution in [2.45, 2.75) is 102 Å². The first-order valence-corrected chi connectivity index (χ1v) is 17.6. The number of nitrogens with two attached hydrogens (primary N) is 1. The number of carbonyl (C=O) groups is 1. The van der Waals surface area contributed by atoms with Crippen molar-refractivity contribution < 1.29 is 14.6 Å². The van der Waals surface area contributed by atoms with Gasteiger partial charge in [-0.2, -0.15) is 0 Å². The van der Waals surface area contributed by atoms with E-state index in [4.69, 9.17) is 4.74 Å². The zero-order chi connectivity index (χ0) is 34.5. The van der Waals surface area contributed by atoms with E-state index in [-0.39, 0.29) is 22.5 Å². The quantitative estimate of drug-likeness (QED) is 0.0512. The highest BCUT2D eigenvalue weighted by Gasteiger charge is 2.40. The van der Waals surface area contributed by atoms with Gasteiger partial charge in [0.1, 0.15) is 17.9 Å². The molecule has 0 radical (unpaired) electrons. The number of epoxide rings is 1. The number of amides is 1. The summed E-state index contributed by atoms with van der Waals surface area (Å²) in [6.07, 6.45) is 13.4. The van der Waals surface area contributed by atoms with Gasteiger partial charge in [-0.3, -0.25) is 10.1 Å². The maximum atomic E-state index is 12.8. The van der Waals surface area contributed by atoms with Crippen LogP contribution < -0.4 is 27.0 Å². The van der Waals surface area contributed by atoms with Crippen LogP contribution in [0.15, 0.2) is 85.0 Å². The molecule has 258 valence electrons. The van der Waals surface area contributed by atoms with Crippen LogP contribution in [0, 0.1) is 0 Å². The SMILES string of the molecule is C=C/C=C(\C)C1CO1.C=CNCCCCC(Nc1ccc(CC(NC(=O)C2NCSC2(C)C)C(=C)O)cc1)=C1CCC1.CC.CN. The molecule has 7 N–H and O–H groups in total. The van der Waals surface area contributed by atoms with E-state index in [0.29, 0.717) is 12.5 Å². The molecule has 1 amide bonds. The summed E-state index contributed by atoms with van der Waals surface area (Å²) in [6.45, 7) is 23.0. The Morgan fingerprint density at radius 3 is 2.33 bits per heavy atom. The second-order valence-corrected chi connectivity index (χ2v) is 13.3. The van der Waals surface area contributed by atoms with Gasteiger partial charge in [0.15, 0.2) is 0 Å². The van der Waals surface area contributed by atoms with E-state index in [1.165, 1.54) is 37.6 Å². The lowest BCUT2D eigenvalue weighted by molar-refractivity contribution is -0.124. The van der Waals surface area contributed by atoms with Crippen molar-refractivity contribution in [3.63, 3.8) is 0 Å². The van der Waals surface area contributed by atoms with Gasteiger partial charge in [-0.15, -0.1) is 11.8 Å². The number of aliphatic hydroxyl groups is 1. The standard InChI is InChI=1S/C27H40N4O2S.C7H10O.C2H6.CH5N/c1-5-28-16-7-6-11-23(21-9-8-10-21)30-22-14-12-20(13-15-22)17-24(19(2)32)31-26(33)25-27(3,4)34-18-29-25;1-3-4-6(2)7-5-8-7;2*1-2/h5,12-15,24-25,28-30,32H,1-2,6-11,16-18H2,3-4H3,(H,31,33);3-4,7H,1,5H2,2H3;1-2H3;2H2,1H3/b;6-4+;;. The van der Waals surface area contributed by atoms with Gasteiger partial charge in [0.05, 0.1) is 12.6 Å². The largest absolute Gasteiger partial charge is 0.511 e. The molecule has 2 saturated heterocycles. The lowest BCUT2D eigenvalue weighted by Gasteiger charge is -2.27. The maximum absolute atomic E-state index is 12.8. The lowest BCUT2D eigenvalue weighted by Crippen LogP contribution is -2.52. The van der Waals surface area contributed by atoms with E-state index in [9.17, 15) is 9.90 Å². The van der Waals surface area contributed by atoms with Gasteiger partial charge < -0.3 is 31.5 Å². The lowest BCUT2D eigenvalue weighted by atomic mass is 9.89. The van der Waals surface area contributed by atoms with Gasteiger partial charge in [0.25, 0.3) is 0 Å². The van der Waals surface area contributed by atoms with Gasteiger partial charge in [0.2, 0.25) is 5.91 Å². The van der Waals surface area contributed by atoms with Crippen molar-refractivity contribution in [3.05, 3.63) is 90.5 Å². The molecule has 9 heteroatoms. The van der Waals surface area contributed by atoms with Crippen LogP contribution in [0.3, 0.4) is 0 Å². The van der Waals surface area contributed by atoms with Gasteiger partial charge in [-0.05, 0) is 102 Å². The first-order chi connectivity index (χ1) is 22.1. The van der Waals surface area contributed by atoms with Crippen LogP contribution >= 0.6 is 11.8 Å². The number of ether oxygens (including phenoxy) is 1. The molecule has 3 atom stereocenters. The molecule has 3 unspecified atom stereocenters. The van der Waals surface area contributed by atoms with Crippen molar-refractivity contribution in [2.24, 2.45) is 5.73 Å². The van der Waals surface area contributed by atoms with Crippen LogP contribution in [0.5, 0.6) is 0 Å². The average Bonchev–Trinajstić information content (AvgIpc) is 3.81. The molecule has 0 spiro atoms. The van der Waals surface area contributed by atoms with Crippen molar-refractivity contribution in [2.75, 3.05) is 31.4 Å². The van der Waals surface area contributed by atoms with Crippen molar-refractivity contribution in [3.8, 4) is 0 Å². The molecule has 1 aromatic carbocycles. The molecule has 2 heterocycles. The fraction of sp³-hybridized carbons (Fsp3) is 0.541. The van der Waals surface area contributed by atoms with Crippen LogP contribution in [0.4, 0.5) is 5.69 Å². The third-order valence-electron chi connectivity index (χ3n) is 7.84. The average molecular weight is 656 g/mol. The summed E-state index contributed by atoms with van der Waals surface area (Å²) >= 11 is 1.72. The Labute approximate surface area is 283 Å². The summed E-state index contributed by atoms with van der Waals surface area (Å²) in [5, 5.41) is 23.2. The number of thioether (sulfide) groups is 1. The molecule has 0 aromatic heterocycles. The number of aliphatic hydroxyl groups excluding tert-OH is 1. The number of anilines is 1. The normalized spacial score (nSPS) is 19.5. The molecule has 3 aliphatic rings. The van der Waals surface area contributed by atoms with Crippen molar-refractivity contribution in [1.29, 1.82) is 0 Å². The highest BCUT2D eigenvalue weighted by atomic mass is 32.2. The Morgan fingerprint density at radius 1 is 1.20 bits per heavy atom. The van der Waals surface area contributed by atoms with Crippen LogP contribution in [0.25, 0.3) is 0 Å². The van der Waals surface area contributed by atoms with E-state index >= 15 is 0 Å². The van der Waals surface area contributed by atoms with E-state index in [1.807, 2.05) is 19.9 Å². The molecule has 8 nitrogen and oxygen atoms in total. The molecule has 2 aliphatic heterocycles. The molecule has 3 fully saturated rings. The van der Waals surface area contributed by atoms with Crippen molar-refractivity contribution in [1.82, 2.24) is 16.0 Å². The predicted molar refractivity (Wildman–Crippen MR) is 199 cm³/mol. The summed E-state index contributed by atoms with van der Waals surface area (Å²) in [5.41, 5.74) is 10.8. The number of carbonyl (C=O) groups excluding carboxylic acids is 1. The van der Waals surface area contributed by atoms with Crippen LogP contribution in [-0.4, -0.2) is 60.0 Å². The fourth-order valence-electron chi connectivity index (χ4n) is 4.91. The molecule has 0 bridgehead atoms. The maximum Gasteiger partial charge on any atom is 0.239 e. The summed E-state index contributed by atoms with van der Waals surface area (Å²) in [5.74, 6) is 0.615. The monoisotopic (exact) mass is 655 g/mol. The minimum atomic E-state index is -0.522. The van der Waals surface area contributed by atoms with E-state index in [1.54, 1.807) is 29.6 Å². The number of benzene rings is 1. The second-order valence-electron chi connectivity index (χ2n) is 11.6. The molecular weight excluding hydrogens is 595 g/mol. The Bertz CT molecular complexity index is 1140. The molecular formula is C37H61N5O3S. The number of hydrogen-bond donors (Lipinski definition) is 6. The van der Waals surface area contributed by atoms with Gasteiger partial charge in [0, 0.05) is 28.6 Å². The minimum Gasteiger partial charge on any atom is -0.511 e. The summed E-state index contributed by atoms with van der Waals surface area (Å²) in [6, 6.07) is 7.43. The van der Waals surface area contributed by atoms with Crippen LogP contribution in [-0.2, 0) is 16.0 Å². The molecule has 1 aliphatic carbocycles. The van der Waals surface area contributed by atoms with Crippen LogP contribution in [0.1, 0.15) is 78.7 Å². The van der Waals surface area contributed by atoms with E-state index < -0.39 is 6.04 Å². The molecule has 46 heavy (non-hydrogen) atoms. The van der Waals surface area contributed by atoms with Gasteiger partial charge in [-0.25, -0.2) is 0 Å². The first kappa shape index (κ1) is 41.0. The number of hydrogen-bond acceptors (Lipinski definition) is 8. The molecule has 4 rings (SSSR count). The minimum absolute atomic E-state index is 0.0260. The Hall–Kier alpha value is -2.98. The smallest absolute Gasteiger partial charge is 0.239 e. The number of unbranched alkanes of at least 4 members (excludes halogenated alkanes) is 1. The molecule has 1 saturated carbocycles. The predicted octanol–water partition coefficient (Wildman–Crippen LogP) is 7.10. The second kappa shape index (κ2) is 22.5. The topological polar surface area (TPSA) is 124 Å². The Morgan fingerprint density at radius 2 is 1.85 bits per heavy atom. The number of nitrogens with one attached hydrogen (secondary N) is 4. The highest BCUT2D eigenvalue weighted by molar-refractivity contribution is 8.00. The Kier molecular flexibility index (Phi) is 20.1. The number of allylic oxidation sites excluding steroid dienone is 4.